The number of unbranched alkanes of at least 4 members (excludes halogenated alkanes) is 1. The van der Waals surface area contributed by atoms with E-state index in [9.17, 15) is 9.18 Å². The lowest BCUT2D eigenvalue weighted by molar-refractivity contribution is 0.0698. The molecule has 0 radical (unpaired) electrons. The number of piperidine rings is 1. The number of fused-ring (bicyclic) bond motifs is 3. The molecule has 1 amide bonds. The molecule has 28 heavy (non-hydrogen) atoms. The van der Waals surface area contributed by atoms with Crippen LogP contribution in [0.3, 0.4) is 0 Å². The van der Waals surface area contributed by atoms with Crippen LogP contribution in [-0.2, 0) is 13.0 Å². The Balaban J connectivity index is 1.85. The van der Waals surface area contributed by atoms with Crippen LogP contribution >= 0.6 is 0 Å². The second-order valence-corrected chi connectivity index (χ2v) is 7.95. The average molecular weight is 387 g/mol. The van der Waals surface area contributed by atoms with Gasteiger partial charge in [0, 0.05) is 25.0 Å². The van der Waals surface area contributed by atoms with Crippen molar-refractivity contribution in [2.45, 2.75) is 58.0 Å². The molecule has 2 aromatic rings. The highest BCUT2D eigenvalue weighted by molar-refractivity contribution is 6.11. The number of halogens is 1. The molecular formula is C22H30FN3O2. The number of hydrogen-bond donors (Lipinski definition) is 1. The van der Waals surface area contributed by atoms with Crippen LogP contribution < -0.4 is 10.1 Å². The predicted molar refractivity (Wildman–Crippen MR) is 109 cm³/mol. The number of carbonyl (C=O) groups excluding carboxylic acids is 1. The van der Waals surface area contributed by atoms with Gasteiger partial charge in [-0.2, -0.15) is 0 Å². The van der Waals surface area contributed by atoms with Crippen molar-refractivity contribution < 1.29 is 13.9 Å². The lowest BCUT2D eigenvalue weighted by atomic mass is 9.98. The Labute approximate surface area is 165 Å². The molecule has 0 bridgehead atoms. The molecule has 0 unspecified atom stereocenters. The standard InChI is InChI=1S/C22H30FN3O2/c1-3-4-6-16-17(23)7-8-18-19(16)20(22-26(18)13-5-14-28-22)21(27)25(2)15-9-11-24-12-10-15/h7-8,15,24H,3-6,9-14H2,1-2H3. The third-order valence-corrected chi connectivity index (χ3v) is 6.17. The summed E-state index contributed by atoms with van der Waals surface area (Å²) in [7, 11) is 1.88. The topological polar surface area (TPSA) is 46.5 Å². The van der Waals surface area contributed by atoms with E-state index in [4.69, 9.17) is 4.74 Å². The summed E-state index contributed by atoms with van der Waals surface area (Å²) in [5.41, 5.74) is 2.14. The number of rotatable bonds is 5. The summed E-state index contributed by atoms with van der Waals surface area (Å²) < 4.78 is 22.9. The van der Waals surface area contributed by atoms with Gasteiger partial charge < -0.3 is 19.5 Å². The van der Waals surface area contributed by atoms with E-state index < -0.39 is 0 Å². The lowest BCUT2D eigenvalue weighted by Gasteiger charge is -2.32. The van der Waals surface area contributed by atoms with Gasteiger partial charge in [0.1, 0.15) is 11.4 Å². The third kappa shape index (κ3) is 3.28. The molecule has 0 atom stereocenters. The van der Waals surface area contributed by atoms with Crippen molar-refractivity contribution in [1.82, 2.24) is 14.8 Å². The Bertz CT molecular complexity index is 871. The second-order valence-electron chi connectivity index (χ2n) is 7.95. The highest BCUT2D eigenvalue weighted by Crippen LogP contribution is 2.39. The molecule has 1 N–H and O–H groups in total. The van der Waals surface area contributed by atoms with Gasteiger partial charge in [-0.25, -0.2) is 4.39 Å². The van der Waals surface area contributed by atoms with E-state index in [-0.39, 0.29) is 17.8 Å². The molecule has 152 valence electrons. The minimum absolute atomic E-state index is 0.0455. The van der Waals surface area contributed by atoms with Gasteiger partial charge in [0.05, 0.1) is 12.1 Å². The van der Waals surface area contributed by atoms with Crippen LogP contribution in [0.2, 0.25) is 0 Å². The molecule has 2 aliphatic heterocycles. The fraction of sp³-hybridized carbons (Fsp3) is 0.591. The molecule has 2 aliphatic rings. The number of aryl methyl sites for hydroxylation is 2. The van der Waals surface area contributed by atoms with Gasteiger partial charge in [-0.3, -0.25) is 4.79 Å². The third-order valence-electron chi connectivity index (χ3n) is 6.17. The molecule has 1 aromatic heterocycles. The van der Waals surface area contributed by atoms with Crippen molar-refractivity contribution >= 4 is 16.8 Å². The minimum Gasteiger partial charge on any atom is -0.478 e. The fourth-order valence-electron chi connectivity index (χ4n) is 4.56. The Morgan fingerprint density at radius 2 is 2.14 bits per heavy atom. The first-order valence-corrected chi connectivity index (χ1v) is 10.6. The van der Waals surface area contributed by atoms with Gasteiger partial charge in [0.15, 0.2) is 0 Å². The minimum atomic E-state index is -0.220. The molecule has 4 rings (SSSR count). The van der Waals surface area contributed by atoms with Gasteiger partial charge in [0.25, 0.3) is 5.91 Å². The van der Waals surface area contributed by atoms with Crippen molar-refractivity contribution in [2.75, 3.05) is 26.7 Å². The van der Waals surface area contributed by atoms with Crippen molar-refractivity contribution in [3.8, 4) is 5.88 Å². The normalized spacial score (nSPS) is 17.4. The van der Waals surface area contributed by atoms with Crippen LogP contribution in [0, 0.1) is 5.82 Å². The fourth-order valence-corrected chi connectivity index (χ4v) is 4.56. The van der Waals surface area contributed by atoms with Crippen molar-refractivity contribution in [3.63, 3.8) is 0 Å². The van der Waals surface area contributed by atoms with Gasteiger partial charge in [-0.05, 0) is 62.9 Å². The number of benzene rings is 1. The zero-order chi connectivity index (χ0) is 19.7. The van der Waals surface area contributed by atoms with E-state index in [0.29, 0.717) is 30.0 Å². The van der Waals surface area contributed by atoms with Gasteiger partial charge in [-0.1, -0.05) is 13.3 Å². The smallest absolute Gasteiger partial charge is 0.259 e. The molecule has 6 heteroatoms. The number of hydrogen-bond acceptors (Lipinski definition) is 3. The quantitative estimate of drug-likeness (QED) is 0.850. The van der Waals surface area contributed by atoms with Crippen LogP contribution in [0.1, 0.15) is 54.9 Å². The van der Waals surface area contributed by atoms with E-state index >= 15 is 0 Å². The summed E-state index contributed by atoms with van der Waals surface area (Å²) >= 11 is 0. The number of carbonyl (C=O) groups is 1. The maximum Gasteiger partial charge on any atom is 0.259 e. The average Bonchev–Trinajstić information content (AvgIpc) is 3.07. The van der Waals surface area contributed by atoms with Crippen LogP contribution in [0.25, 0.3) is 10.9 Å². The van der Waals surface area contributed by atoms with Crippen molar-refractivity contribution in [2.24, 2.45) is 0 Å². The van der Waals surface area contributed by atoms with Crippen LogP contribution in [0.5, 0.6) is 5.88 Å². The van der Waals surface area contributed by atoms with Crippen molar-refractivity contribution in [3.05, 3.63) is 29.1 Å². The van der Waals surface area contributed by atoms with E-state index in [2.05, 4.69) is 16.8 Å². The number of amides is 1. The summed E-state index contributed by atoms with van der Waals surface area (Å²) in [6.07, 6.45) is 5.30. The van der Waals surface area contributed by atoms with Gasteiger partial charge in [0.2, 0.25) is 5.88 Å². The highest BCUT2D eigenvalue weighted by atomic mass is 19.1. The molecular weight excluding hydrogens is 357 g/mol. The summed E-state index contributed by atoms with van der Waals surface area (Å²) in [5.74, 6) is 0.355. The predicted octanol–water partition coefficient (Wildman–Crippen LogP) is 3.73. The Morgan fingerprint density at radius 3 is 2.89 bits per heavy atom. The van der Waals surface area contributed by atoms with Crippen molar-refractivity contribution in [1.29, 1.82) is 0 Å². The molecule has 3 heterocycles. The summed E-state index contributed by atoms with van der Waals surface area (Å²) in [6.45, 7) is 5.34. The molecule has 0 saturated carbocycles. The molecule has 1 saturated heterocycles. The summed E-state index contributed by atoms with van der Waals surface area (Å²) in [5, 5.41) is 4.11. The number of nitrogens with one attached hydrogen (secondary N) is 1. The van der Waals surface area contributed by atoms with E-state index in [0.717, 1.165) is 62.6 Å². The zero-order valence-electron chi connectivity index (χ0n) is 16.9. The first-order valence-electron chi connectivity index (χ1n) is 10.6. The first-order chi connectivity index (χ1) is 13.6. The summed E-state index contributed by atoms with van der Waals surface area (Å²) in [4.78, 5) is 15.5. The van der Waals surface area contributed by atoms with Crippen LogP contribution in [0.4, 0.5) is 4.39 Å². The van der Waals surface area contributed by atoms with E-state index in [1.165, 1.54) is 0 Å². The maximum absolute atomic E-state index is 14.8. The molecule has 1 aromatic carbocycles. The number of ether oxygens (including phenoxy) is 1. The molecule has 0 aliphatic carbocycles. The van der Waals surface area contributed by atoms with Gasteiger partial charge in [-0.15, -0.1) is 0 Å². The SMILES string of the molecule is CCCCc1c(F)ccc2c1c(C(=O)N(C)C1CCNCC1)c1n2CCCO1. The van der Waals surface area contributed by atoms with Crippen LogP contribution in [-0.4, -0.2) is 48.2 Å². The first kappa shape index (κ1) is 19.2. The Hall–Kier alpha value is -2.08. The number of aromatic nitrogens is 1. The monoisotopic (exact) mass is 387 g/mol. The summed E-state index contributed by atoms with van der Waals surface area (Å²) in [6, 6.07) is 3.55. The second kappa shape index (κ2) is 8.11. The molecule has 1 fully saturated rings. The van der Waals surface area contributed by atoms with Gasteiger partial charge >= 0.3 is 0 Å². The molecule has 5 nitrogen and oxygen atoms in total. The lowest BCUT2D eigenvalue weighted by Crippen LogP contribution is -2.44. The highest BCUT2D eigenvalue weighted by Gasteiger charge is 2.32. The zero-order valence-corrected chi connectivity index (χ0v) is 16.9. The largest absolute Gasteiger partial charge is 0.478 e. The Kier molecular flexibility index (Phi) is 5.58. The molecule has 0 spiro atoms. The van der Waals surface area contributed by atoms with E-state index in [1.54, 1.807) is 12.1 Å². The Morgan fingerprint density at radius 1 is 1.36 bits per heavy atom. The number of nitrogens with zero attached hydrogens (tertiary/aromatic N) is 2. The van der Waals surface area contributed by atoms with E-state index in [1.807, 2.05) is 11.9 Å². The maximum atomic E-state index is 14.8. The van der Waals surface area contributed by atoms with Crippen LogP contribution in [0.15, 0.2) is 12.1 Å².